The zero-order chi connectivity index (χ0) is 17.4. The van der Waals surface area contributed by atoms with Gasteiger partial charge in [-0.05, 0) is 24.3 Å². The number of carbonyl (C=O) groups is 2. The van der Waals surface area contributed by atoms with Crippen LogP contribution in [0.15, 0.2) is 22.0 Å². The average molecular weight is 362 g/mol. The molecule has 2 fully saturated rings. The van der Waals surface area contributed by atoms with Gasteiger partial charge < -0.3 is 19.9 Å². The zero-order valence-electron chi connectivity index (χ0n) is 13.5. The van der Waals surface area contributed by atoms with Crippen LogP contribution in [0.3, 0.4) is 0 Å². The number of aromatic nitrogens is 2. The van der Waals surface area contributed by atoms with Crippen LogP contribution < -0.4 is 5.73 Å². The van der Waals surface area contributed by atoms with E-state index in [1.165, 1.54) is 0 Å². The van der Waals surface area contributed by atoms with Gasteiger partial charge in [-0.15, -0.1) is 11.3 Å². The Morgan fingerprint density at radius 3 is 2.72 bits per heavy atom. The average Bonchev–Trinajstić information content (AvgIpc) is 3.05. The summed E-state index contributed by atoms with van der Waals surface area (Å²) < 4.78 is 10.7. The number of rotatable bonds is 4. The van der Waals surface area contributed by atoms with Gasteiger partial charge in [0.1, 0.15) is 0 Å². The molecule has 0 spiro atoms. The van der Waals surface area contributed by atoms with Crippen molar-refractivity contribution in [2.24, 2.45) is 5.73 Å². The smallest absolute Gasteiger partial charge is 0.410 e. The van der Waals surface area contributed by atoms with Crippen molar-refractivity contribution in [1.82, 2.24) is 15.0 Å². The molecule has 2 N–H and O–H groups in total. The van der Waals surface area contributed by atoms with Crippen LogP contribution >= 0.6 is 11.3 Å². The van der Waals surface area contributed by atoms with Crippen molar-refractivity contribution in [3.8, 4) is 10.7 Å². The number of likely N-dealkylation sites (tertiary alicyclic amines) is 1. The third-order valence-electron chi connectivity index (χ3n) is 4.72. The Hall–Kier alpha value is -2.42. The minimum Gasteiger partial charge on any atom is -0.433 e. The number of thiophene rings is 1. The van der Waals surface area contributed by atoms with E-state index < -0.39 is 17.6 Å². The van der Waals surface area contributed by atoms with E-state index in [1.54, 1.807) is 16.2 Å². The van der Waals surface area contributed by atoms with Gasteiger partial charge in [0, 0.05) is 31.8 Å². The van der Waals surface area contributed by atoms with Gasteiger partial charge >= 0.3 is 6.09 Å². The molecule has 9 heteroatoms. The number of ether oxygens (including phenoxy) is 1. The maximum atomic E-state index is 12.2. The predicted molar refractivity (Wildman–Crippen MR) is 88.8 cm³/mol. The summed E-state index contributed by atoms with van der Waals surface area (Å²) in [5.74, 6) is 0.759. The predicted octanol–water partition coefficient (Wildman–Crippen LogP) is 2.13. The maximum absolute atomic E-state index is 12.2. The van der Waals surface area contributed by atoms with Crippen LogP contribution in [0.4, 0.5) is 4.79 Å². The minimum atomic E-state index is -1.07. The van der Waals surface area contributed by atoms with E-state index in [4.69, 9.17) is 15.0 Å². The first-order valence-electron chi connectivity index (χ1n) is 8.23. The number of piperidine rings is 1. The second-order valence-electron chi connectivity index (χ2n) is 6.42. The number of hydrogen-bond acceptors (Lipinski definition) is 7. The Morgan fingerprint density at radius 1 is 1.36 bits per heavy atom. The lowest BCUT2D eigenvalue weighted by atomic mass is 9.97. The number of hydrogen-bond donors (Lipinski definition) is 1. The van der Waals surface area contributed by atoms with E-state index in [2.05, 4.69) is 10.1 Å². The molecule has 25 heavy (non-hydrogen) atoms. The van der Waals surface area contributed by atoms with Crippen LogP contribution in [-0.2, 0) is 9.53 Å². The Labute approximate surface area is 147 Å². The Morgan fingerprint density at radius 2 is 2.12 bits per heavy atom. The second-order valence-corrected chi connectivity index (χ2v) is 7.37. The first kappa shape index (κ1) is 16.1. The number of primary amides is 1. The van der Waals surface area contributed by atoms with Gasteiger partial charge in [0.2, 0.25) is 11.7 Å². The highest BCUT2D eigenvalue weighted by Gasteiger charge is 2.53. The van der Waals surface area contributed by atoms with Crippen molar-refractivity contribution in [1.29, 1.82) is 0 Å². The molecule has 8 nitrogen and oxygen atoms in total. The van der Waals surface area contributed by atoms with Crippen LogP contribution in [0.1, 0.15) is 37.5 Å². The summed E-state index contributed by atoms with van der Waals surface area (Å²) in [5, 5.41) is 6.00. The van der Waals surface area contributed by atoms with Gasteiger partial charge in [0.25, 0.3) is 5.91 Å². The molecule has 4 rings (SSSR count). The van der Waals surface area contributed by atoms with Crippen molar-refractivity contribution in [3.05, 3.63) is 23.4 Å². The molecule has 132 valence electrons. The minimum absolute atomic E-state index is 0.122. The van der Waals surface area contributed by atoms with E-state index in [0.717, 1.165) is 4.88 Å². The topological polar surface area (TPSA) is 112 Å². The molecule has 2 aliphatic rings. The normalized spacial score (nSPS) is 19.6. The number of carbonyl (C=O) groups excluding carboxylic acids is 2. The highest BCUT2D eigenvalue weighted by Crippen LogP contribution is 2.40. The summed E-state index contributed by atoms with van der Waals surface area (Å²) in [6.45, 7) is 1.05. The summed E-state index contributed by atoms with van der Waals surface area (Å²) in [4.78, 5) is 30.6. The van der Waals surface area contributed by atoms with Gasteiger partial charge in [-0.1, -0.05) is 11.2 Å². The highest BCUT2D eigenvalue weighted by atomic mass is 32.1. The molecule has 1 saturated carbocycles. The standard InChI is InChI=1S/C16H18N4O4S/c17-14(21)16(5-6-16)23-15(22)20-7-3-10(4-8-20)13-18-12(19-24-13)11-2-1-9-25-11/h1-2,9-10H,3-8H2,(H2,17,21). The molecule has 2 amide bonds. The summed E-state index contributed by atoms with van der Waals surface area (Å²) in [6, 6.07) is 3.89. The Kier molecular flexibility index (Phi) is 3.95. The third-order valence-corrected chi connectivity index (χ3v) is 5.59. The summed E-state index contributed by atoms with van der Waals surface area (Å²) in [6.07, 6.45) is 1.98. The van der Waals surface area contributed by atoms with Crippen molar-refractivity contribution < 1.29 is 18.8 Å². The van der Waals surface area contributed by atoms with Gasteiger partial charge in [0.15, 0.2) is 5.60 Å². The molecule has 0 bridgehead atoms. The lowest BCUT2D eigenvalue weighted by Crippen LogP contribution is -2.43. The molecule has 0 atom stereocenters. The molecule has 0 aromatic carbocycles. The highest BCUT2D eigenvalue weighted by molar-refractivity contribution is 7.13. The molecule has 2 aromatic rings. The number of nitrogens with two attached hydrogens (primary N) is 1. The lowest BCUT2D eigenvalue weighted by molar-refractivity contribution is -0.129. The van der Waals surface area contributed by atoms with E-state index in [-0.39, 0.29) is 5.92 Å². The summed E-state index contributed by atoms with van der Waals surface area (Å²) >= 11 is 1.56. The van der Waals surface area contributed by atoms with Gasteiger partial charge in [-0.2, -0.15) is 4.98 Å². The summed E-state index contributed by atoms with van der Waals surface area (Å²) in [5.41, 5.74) is 4.22. The van der Waals surface area contributed by atoms with E-state index >= 15 is 0 Å². The van der Waals surface area contributed by atoms with E-state index in [9.17, 15) is 9.59 Å². The maximum Gasteiger partial charge on any atom is 0.410 e. The van der Waals surface area contributed by atoms with Gasteiger partial charge in [0.05, 0.1) is 4.88 Å². The van der Waals surface area contributed by atoms with Crippen LogP contribution in [0.5, 0.6) is 0 Å². The SMILES string of the molecule is NC(=O)C1(OC(=O)N2CCC(c3nc(-c4cccs4)no3)CC2)CC1. The van der Waals surface area contributed by atoms with Crippen LogP contribution in [0, 0.1) is 0 Å². The first-order chi connectivity index (χ1) is 12.1. The van der Waals surface area contributed by atoms with Crippen molar-refractivity contribution in [2.75, 3.05) is 13.1 Å². The molecular formula is C16H18N4O4S. The van der Waals surface area contributed by atoms with Crippen molar-refractivity contribution >= 4 is 23.3 Å². The molecule has 1 aliphatic heterocycles. The Balaban J connectivity index is 1.34. The Bertz CT molecular complexity index is 776. The molecule has 3 heterocycles. The van der Waals surface area contributed by atoms with Crippen molar-refractivity contribution in [2.45, 2.75) is 37.2 Å². The zero-order valence-corrected chi connectivity index (χ0v) is 14.3. The van der Waals surface area contributed by atoms with Crippen LogP contribution in [0.2, 0.25) is 0 Å². The van der Waals surface area contributed by atoms with E-state index in [0.29, 0.717) is 50.5 Å². The van der Waals surface area contributed by atoms with Crippen LogP contribution in [-0.4, -0.2) is 45.7 Å². The lowest BCUT2D eigenvalue weighted by Gasteiger charge is -2.30. The number of nitrogens with zero attached hydrogens (tertiary/aromatic N) is 3. The fourth-order valence-electron chi connectivity index (χ4n) is 2.96. The molecule has 1 aliphatic carbocycles. The second kappa shape index (κ2) is 6.14. The fraction of sp³-hybridized carbons (Fsp3) is 0.500. The summed E-state index contributed by atoms with van der Waals surface area (Å²) in [7, 11) is 0. The van der Waals surface area contributed by atoms with Gasteiger partial charge in [-0.25, -0.2) is 4.79 Å². The molecule has 0 unspecified atom stereocenters. The molecule has 0 radical (unpaired) electrons. The fourth-order valence-corrected chi connectivity index (χ4v) is 3.61. The van der Waals surface area contributed by atoms with Gasteiger partial charge in [-0.3, -0.25) is 4.79 Å². The number of amides is 2. The molecule has 2 aromatic heterocycles. The quantitative estimate of drug-likeness (QED) is 0.892. The first-order valence-corrected chi connectivity index (χ1v) is 9.11. The molecular weight excluding hydrogens is 344 g/mol. The van der Waals surface area contributed by atoms with Crippen LogP contribution in [0.25, 0.3) is 10.7 Å². The van der Waals surface area contributed by atoms with E-state index in [1.807, 2.05) is 17.5 Å². The molecule has 1 saturated heterocycles. The third kappa shape index (κ3) is 3.11. The largest absolute Gasteiger partial charge is 0.433 e. The van der Waals surface area contributed by atoms with Crippen molar-refractivity contribution in [3.63, 3.8) is 0 Å². The monoisotopic (exact) mass is 362 g/mol.